The molecule has 1 amide bonds. The average molecular weight is 275 g/mol. The van der Waals surface area contributed by atoms with Crippen molar-refractivity contribution in [1.29, 1.82) is 0 Å². The van der Waals surface area contributed by atoms with Crippen LogP contribution in [-0.4, -0.2) is 34.6 Å². The second-order valence-electron chi connectivity index (χ2n) is 6.05. The van der Waals surface area contributed by atoms with Crippen LogP contribution in [0.5, 0.6) is 0 Å². The average Bonchev–Trinajstić information content (AvgIpc) is 2.45. The first-order chi connectivity index (χ1) is 9.50. The van der Waals surface area contributed by atoms with Crippen LogP contribution in [-0.2, 0) is 17.6 Å². The maximum atomic E-state index is 12.1. The molecule has 0 unspecified atom stereocenters. The summed E-state index contributed by atoms with van der Waals surface area (Å²) in [7, 11) is 0. The molecule has 1 aliphatic heterocycles. The first-order valence-electron chi connectivity index (χ1n) is 7.58. The normalized spacial score (nSPS) is 18.1. The molecule has 0 bridgehead atoms. The largest absolute Gasteiger partial charge is 0.390 e. The first kappa shape index (κ1) is 15.0. The molecule has 0 aromatic heterocycles. The summed E-state index contributed by atoms with van der Waals surface area (Å²) >= 11 is 0. The number of piperidine rings is 1. The summed E-state index contributed by atoms with van der Waals surface area (Å²) in [5.41, 5.74) is 1.96. The van der Waals surface area contributed by atoms with Crippen molar-refractivity contribution < 1.29 is 9.90 Å². The van der Waals surface area contributed by atoms with Crippen molar-refractivity contribution in [3.63, 3.8) is 0 Å². The van der Waals surface area contributed by atoms with Crippen LogP contribution in [0.4, 0.5) is 0 Å². The summed E-state index contributed by atoms with van der Waals surface area (Å²) in [6.45, 7) is 5.36. The summed E-state index contributed by atoms with van der Waals surface area (Å²) in [4.78, 5) is 14.0. The Kier molecular flexibility index (Phi) is 4.81. The Bertz CT molecular complexity index is 441. The highest BCUT2D eigenvalue weighted by molar-refractivity contribution is 5.76. The van der Waals surface area contributed by atoms with Crippen molar-refractivity contribution in [2.24, 2.45) is 0 Å². The summed E-state index contributed by atoms with van der Waals surface area (Å²) in [6.07, 6.45) is 3.78. The topological polar surface area (TPSA) is 40.5 Å². The van der Waals surface area contributed by atoms with Crippen molar-refractivity contribution in [3.05, 3.63) is 35.4 Å². The van der Waals surface area contributed by atoms with Crippen molar-refractivity contribution in [2.45, 2.75) is 51.6 Å². The lowest BCUT2D eigenvalue weighted by Crippen LogP contribution is -2.45. The number of hydrogen-bond donors (Lipinski definition) is 1. The lowest BCUT2D eigenvalue weighted by Gasteiger charge is -2.35. The van der Waals surface area contributed by atoms with Gasteiger partial charge in [-0.25, -0.2) is 0 Å². The van der Waals surface area contributed by atoms with E-state index in [1.54, 1.807) is 0 Å². The van der Waals surface area contributed by atoms with Crippen LogP contribution >= 0.6 is 0 Å². The molecule has 3 nitrogen and oxygen atoms in total. The molecule has 1 aromatic rings. The first-order valence-corrected chi connectivity index (χ1v) is 7.58. The smallest absolute Gasteiger partial charge is 0.222 e. The number of carbonyl (C=O) groups excluding carboxylic acids is 1. The summed E-state index contributed by atoms with van der Waals surface area (Å²) < 4.78 is 0. The zero-order valence-electron chi connectivity index (χ0n) is 12.6. The Morgan fingerprint density at radius 3 is 2.30 bits per heavy atom. The van der Waals surface area contributed by atoms with E-state index in [1.165, 1.54) is 11.1 Å². The van der Waals surface area contributed by atoms with Gasteiger partial charge in [0.25, 0.3) is 0 Å². The predicted molar refractivity (Wildman–Crippen MR) is 80.6 cm³/mol. The third-order valence-corrected chi connectivity index (χ3v) is 4.25. The molecule has 0 radical (unpaired) electrons. The molecular formula is C17H25NO2. The molecule has 1 saturated heterocycles. The van der Waals surface area contributed by atoms with E-state index in [-0.39, 0.29) is 5.91 Å². The Balaban J connectivity index is 1.80. The highest BCUT2D eigenvalue weighted by atomic mass is 16.3. The molecular weight excluding hydrogens is 250 g/mol. The Hall–Kier alpha value is -1.35. The minimum absolute atomic E-state index is 0.208. The van der Waals surface area contributed by atoms with Crippen LogP contribution < -0.4 is 0 Å². The van der Waals surface area contributed by atoms with E-state index in [4.69, 9.17) is 0 Å². The van der Waals surface area contributed by atoms with E-state index >= 15 is 0 Å². The van der Waals surface area contributed by atoms with Crippen LogP contribution in [0, 0.1) is 0 Å². The lowest BCUT2D eigenvalue weighted by atomic mass is 9.93. The highest BCUT2D eigenvalue weighted by Crippen LogP contribution is 2.21. The van der Waals surface area contributed by atoms with Gasteiger partial charge >= 0.3 is 0 Å². The predicted octanol–water partition coefficient (Wildman–Crippen LogP) is 2.56. The van der Waals surface area contributed by atoms with Crippen molar-refractivity contribution in [2.75, 3.05) is 13.1 Å². The number of nitrogens with zero attached hydrogens (tertiary/aromatic N) is 1. The molecule has 0 aliphatic carbocycles. The van der Waals surface area contributed by atoms with Gasteiger partial charge < -0.3 is 10.0 Å². The molecule has 3 heteroatoms. The van der Waals surface area contributed by atoms with E-state index in [9.17, 15) is 9.90 Å². The molecule has 0 spiro atoms. The van der Waals surface area contributed by atoms with Gasteiger partial charge in [0.1, 0.15) is 0 Å². The number of amides is 1. The maximum Gasteiger partial charge on any atom is 0.222 e. The second-order valence-corrected chi connectivity index (χ2v) is 6.05. The lowest BCUT2D eigenvalue weighted by molar-refractivity contribution is -0.134. The Labute approximate surface area is 121 Å². The van der Waals surface area contributed by atoms with E-state index in [0.717, 1.165) is 12.8 Å². The minimum atomic E-state index is -0.591. The molecule has 2 rings (SSSR count). The van der Waals surface area contributed by atoms with Gasteiger partial charge in [-0.3, -0.25) is 4.79 Å². The van der Waals surface area contributed by atoms with Crippen LogP contribution in [0.15, 0.2) is 24.3 Å². The SMILES string of the molecule is CCc1ccc(CCC(=O)N2CCC(C)(O)CC2)cc1. The van der Waals surface area contributed by atoms with Crippen LogP contribution in [0.25, 0.3) is 0 Å². The molecule has 1 fully saturated rings. The maximum absolute atomic E-state index is 12.1. The second kappa shape index (κ2) is 6.40. The van der Waals surface area contributed by atoms with E-state index in [2.05, 4.69) is 31.2 Å². The van der Waals surface area contributed by atoms with Crippen LogP contribution in [0.1, 0.15) is 44.2 Å². The number of benzene rings is 1. The molecule has 110 valence electrons. The van der Waals surface area contributed by atoms with Gasteiger partial charge in [-0.15, -0.1) is 0 Å². The fraction of sp³-hybridized carbons (Fsp3) is 0.588. The van der Waals surface area contributed by atoms with Gasteiger partial charge in [-0.1, -0.05) is 31.2 Å². The number of rotatable bonds is 4. The monoisotopic (exact) mass is 275 g/mol. The van der Waals surface area contributed by atoms with Crippen molar-refractivity contribution in [1.82, 2.24) is 4.90 Å². The summed E-state index contributed by atoms with van der Waals surface area (Å²) in [5, 5.41) is 9.89. The fourth-order valence-corrected chi connectivity index (χ4v) is 2.59. The van der Waals surface area contributed by atoms with Crippen LogP contribution in [0.3, 0.4) is 0 Å². The standard InChI is InChI=1S/C17H25NO2/c1-3-14-4-6-15(7-5-14)8-9-16(19)18-12-10-17(2,20)11-13-18/h4-7,20H,3,8-13H2,1-2H3. The quantitative estimate of drug-likeness (QED) is 0.917. The van der Waals surface area contributed by atoms with E-state index < -0.39 is 5.60 Å². The van der Waals surface area contributed by atoms with Gasteiger partial charge in [-0.2, -0.15) is 0 Å². The minimum Gasteiger partial charge on any atom is -0.390 e. The molecule has 1 aromatic carbocycles. The Morgan fingerprint density at radius 2 is 1.75 bits per heavy atom. The molecule has 1 aliphatic rings. The van der Waals surface area contributed by atoms with Crippen molar-refractivity contribution >= 4 is 5.91 Å². The third-order valence-electron chi connectivity index (χ3n) is 4.25. The molecule has 20 heavy (non-hydrogen) atoms. The summed E-state index contributed by atoms with van der Waals surface area (Å²) in [6, 6.07) is 8.51. The number of carbonyl (C=O) groups is 1. The Morgan fingerprint density at radius 1 is 1.20 bits per heavy atom. The van der Waals surface area contributed by atoms with Crippen LogP contribution in [0.2, 0.25) is 0 Å². The van der Waals surface area contributed by atoms with Gasteiger partial charge in [0.2, 0.25) is 5.91 Å². The summed E-state index contributed by atoms with van der Waals surface area (Å²) in [5.74, 6) is 0.208. The van der Waals surface area contributed by atoms with E-state index in [1.807, 2.05) is 11.8 Å². The number of aryl methyl sites for hydroxylation is 2. The number of hydrogen-bond acceptors (Lipinski definition) is 2. The molecule has 1 heterocycles. The third kappa shape index (κ3) is 4.07. The van der Waals surface area contributed by atoms with Crippen molar-refractivity contribution in [3.8, 4) is 0 Å². The zero-order chi connectivity index (χ0) is 14.6. The number of aliphatic hydroxyl groups is 1. The van der Waals surface area contributed by atoms with Gasteiger partial charge in [0, 0.05) is 19.5 Å². The molecule has 0 atom stereocenters. The fourth-order valence-electron chi connectivity index (χ4n) is 2.59. The highest BCUT2D eigenvalue weighted by Gasteiger charge is 2.29. The number of likely N-dealkylation sites (tertiary alicyclic amines) is 1. The molecule has 0 saturated carbocycles. The van der Waals surface area contributed by atoms with E-state index in [0.29, 0.717) is 32.4 Å². The molecule has 1 N–H and O–H groups in total. The zero-order valence-corrected chi connectivity index (χ0v) is 12.6. The van der Waals surface area contributed by atoms with Gasteiger partial charge in [0.15, 0.2) is 0 Å². The van der Waals surface area contributed by atoms with Gasteiger partial charge in [0.05, 0.1) is 5.60 Å². The van der Waals surface area contributed by atoms with Gasteiger partial charge in [-0.05, 0) is 43.7 Å².